The zero-order valence-corrected chi connectivity index (χ0v) is 9.21. The summed E-state index contributed by atoms with van der Waals surface area (Å²) in [4.78, 5) is 0. The van der Waals surface area contributed by atoms with Gasteiger partial charge in [-0.3, -0.25) is 0 Å². The molecule has 2 nitrogen and oxygen atoms in total. The summed E-state index contributed by atoms with van der Waals surface area (Å²) < 4.78 is 0. The molecule has 2 N–H and O–H groups in total. The molecule has 82 valence electrons. The Labute approximate surface area is 87.4 Å². The fraction of sp³-hybridized carbons (Fsp3) is 0.833. The second-order valence-corrected chi connectivity index (χ2v) is 4.44. The summed E-state index contributed by atoms with van der Waals surface area (Å²) in [5.74, 6) is 0. The SMILES string of the molecule is C=CCC[C@H](C)NC1CCC(O)CC1. The molecule has 0 radical (unpaired) electrons. The summed E-state index contributed by atoms with van der Waals surface area (Å²) in [5.41, 5.74) is 0. The van der Waals surface area contributed by atoms with Gasteiger partial charge in [-0.25, -0.2) is 0 Å². The van der Waals surface area contributed by atoms with E-state index in [0.29, 0.717) is 12.1 Å². The van der Waals surface area contributed by atoms with Crippen molar-refractivity contribution in [3.63, 3.8) is 0 Å². The van der Waals surface area contributed by atoms with Gasteiger partial charge < -0.3 is 10.4 Å². The van der Waals surface area contributed by atoms with Crippen LogP contribution in [-0.2, 0) is 0 Å². The molecule has 1 saturated carbocycles. The van der Waals surface area contributed by atoms with Crippen LogP contribution < -0.4 is 5.32 Å². The van der Waals surface area contributed by atoms with Gasteiger partial charge in [-0.1, -0.05) is 6.08 Å². The molecule has 0 amide bonds. The smallest absolute Gasteiger partial charge is 0.0541 e. The molecule has 0 bridgehead atoms. The molecule has 0 heterocycles. The predicted molar refractivity (Wildman–Crippen MR) is 60.3 cm³/mol. The van der Waals surface area contributed by atoms with E-state index < -0.39 is 0 Å². The summed E-state index contributed by atoms with van der Waals surface area (Å²) in [7, 11) is 0. The number of hydrogen-bond donors (Lipinski definition) is 2. The zero-order chi connectivity index (χ0) is 10.4. The molecule has 0 spiro atoms. The van der Waals surface area contributed by atoms with Gasteiger partial charge in [0, 0.05) is 12.1 Å². The topological polar surface area (TPSA) is 32.3 Å². The van der Waals surface area contributed by atoms with E-state index >= 15 is 0 Å². The van der Waals surface area contributed by atoms with E-state index in [1.165, 1.54) is 6.42 Å². The molecule has 1 rings (SSSR count). The van der Waals surface area contributed by atoms with Crippen molar-refractivity contribution >= 4 is 0 Å². The number of nitrogens with one attached hydrogen (secondary N) is 1. The maximum absolute atomic E-state index is 9.36. The number of rotatable bonds is 5. The highest BCUT2D eigenvalue weighted by Gasteiger charge is 2.19. The molecule has 0 aliphatic heterocycles. The van der Waals surface area contributed by atoms with E-state index in [4.69, 9.17) is 0 Å². The Balaban J connectivity index is 2.13. The van der Waals surface area contributed by atoms with E-state index in [1.54, 1.807) is 0 Å². The van der Waals surface area contributed by atoms with Crippen LogP contribution in [-0.4, -0.2) is 23.3 Å². The van der Waals surface area contributed by atoms with E-state index in [0.717, 1.165) is 32.1 Å². The van der Waals surface area contributed by atoms with Crippen molar-refractivity contribution in [1.82, 2.24) is 5.32 Å². The highest BCUT2D eigenvalue weighted by Crippen LogP contribution is 2.19. The van der Waals surface area contributed by atoms with Gasteiger partial charge in [-0.2, -0.15) is 0 Å². The largest absolute Gasteiger partial charge is 0.393 e. The minimum absolute atomic E-state index is 0.0449. The Hall–Kier alpha value is -0.340. The van der Waals surface area contributed by atoms with Gasteiger partial charge in [0.15, 0.2) is 0 Å². The first-order chi connectivity index (χ1) is 6.72. The lowest BCUT2D eigenvalue weighted by molar-refractivity contribution is 0.114. The van der Waals surface area contributed by atoms with Crippen LogP contribution in [0.25, 0.3) is 0 Å². The summed E-state index contributed by atoms with van der Waals surface area (Å²) in [5, 5.41) is 13.0. The summed E-state index contributed by atoms with van der Waals surface area (Å²) >= 11 is 0. The Kier molecular flexibility index (Phi) is 5.20. The van der Waals surface area contributed by atoms with Crippen molar-refractivity contribution in [2.45, 2.75) is 63.6 Å². The molecule has 1 aliphatic rings. The summed E-state index contributed by atoms with van der Waals surface area (Å²) in [6.45, 7) is 5.96. The first-order valence-electron chi connectivity index (χ1n) is 5.77. The average Bonchev–Trinajstić information content (AvgIpc) is 2.18. The third kappa shape index (κ3) is 4.25. The van der Waals surface area contributed by atoms with Gasteiger partial charge in [-0.15, -0.1) is 6.58 Å². The van der Waals surface area contributed by atoms with Crippen molar-refractivity contribution < 1.29 is 5.11 Å². The van der Waals surface area contributed by atoms with Gasteiger partial charge in [0.25, 0.3) is 0 Å². The highest BCUT2D eigenvalue weighted by atomic mass is 16.3. The minimum atomic E-state index is -0.0449. The molecule has 1 atom stereocenters. The van der Waals surface area contributed by atoms with Crippen LogP contribution in [0.15, 0.2) is 12.7 Å². The van der Waals surface area contributed by atoms with Gasteiger partial charge in [-0.05, 0) is 45.4 Å². The monoisotopic (exact) mass is 197 g/mol. The summed E-state index contributed by atoms with van der Waals surface area (Å²) in [6, 6.07) is 1.20. The normalized spacial score (nSPS) is 29.9. The molecule has 0 aromatic heterocycles. The Morgan fingerprint density at radius 3 is 2.64 bits per heavy atom. The number of aliphatic hydroxyl groups excluding tert-OH is 1. The molecule has 1 fully saturated rings. The molecule has 0 unspecified atom stereocenters. The molecule has 0 saturated heterocycles. The van der Waals surface area contributed by atoms with Gasteiger partial charge in [0.1, 0.15) is 0 Å². The summed E-state index contributed by atoms with van der Waals surface area (Å²) in [6.07, 6.45) is 8.36. The van der Waals surface area contributed by atoms with Crippen molar-refractivity contribution in [2.75, 3.05) is 0 Å². The standard InChI is InChI=1S/C12H23NO/c1-3-4-5-10(2)13-11-6-8-12(14)9-7-11/h3,10-14H,1,4-9H2,2H3/t10-,11?,12?/m0/s1. The highest BCUT2D eigenvalue weighted by molar-refractivity contribution is 4.80. The van der Waals surface area contributed by atoms with Crippen molar-refractivity contribution in [3.05, 3.63) is 12.7 Å². The van der Waals surface area contributed by atoms with Crippen molar-refractivity contribution in [3.8, 4) is 0 Å². The molecular weight excluding hydrogens is 174 g/mol. The van der Waals surface area contributed by atoms with Gasteiger partial charge in [0.2, 0.25) is 0 Å². The third-order valence-electron chi connectivity index (χ3n) is 3.02. The second-order valence-electron chi connectivity index (χ2n) is 4.44. The first-order valence-corrected chi connectivity index (χ1v) is 5.77. The number of aliphatic hydroxyl groups is 1. The molecule has 0 aromatic carbocycles. The third-order valence-corrected chi connectivity index (χ3v) is 3.02. The Morgan fingerprint density at radius 2 is 2.07 bits per heavy atom. The molecule has 0 aromatic rings. The number of allylic oxidation sites excluding steroid dienone is 1. The van der Waals surface area contributed by atoms with E-state index in [1.807, 2.05) is 6.08 Å². The second kappa shape index (κ2) is 6.20. The maximum Gasteiger partial charge on any atom is 0.0541 e. The van der Waals surface area contributed by atoms with Crippen LogP contribution in [0, 0.1) is 0 Å². The van der Waals surface area contributed by atoms with Crippen LogP contribution in [0.5, 0.6) is 0 Å². The van der Waals surface area contributed by atoms with E-state index in [-0.39, 0.29) is 6.10 Å². The zero-order valence-electron chi connectivity index (χ0n) is 9.21. The average molecular weight is 197 g/mol. The predicted octanol–water partition coefficient (Wildman–Crippen LogP) is 2.23. The van der Waals surface area contributed by atoms with Gasteiger partial charge in [0.05, 0.1) is 6.10 Å². The van der Waals surface area contributed by atoms with Crippen LogP contribution in [0.1, 0.15) is 45.4 Å². The fourth-order valence-electron chi connectivity index (χ4n) is 2.10. The van der Waals surface area contributed by atoms with E-state index in [2.05, 4.69) is 18.8 Å². The van der Waals surface area contributed by atoms with Crippen LogP contribution in [0.3, 0.4) is 0 Å². The molecular formula is C12H23NO. The minimum Gasteiger partial charge on any atom is -0.393 e. The van der Waals surface area contributed by atoms with Crippen molar-refractivity contribution in [1.29, 1.82) is 0 Å². The van der Waals surface area contributed by atoms with Gasteiger partial charge >= 0.3 is 0 Å². The van der Waals surface area contributed by atoms with Crippen LogP contribution in [0.4, 0.5) is 0 Å². The lowest BCUT2D eigenvalue weighted by atomic mass is 9.92. The van der Waals surface area contributed by atoms with Crippen LogP contribution >= 0.6 is 0 Å². The Morgan fingerprint density at radius 1 is 1.43 bits per heavy atom. The lowest BCUT2D eigenvalue weighted by Gasteiger charge is -2.29. The number of hydrogen-bond acceptors (Lipinski definition) is 2. The molecule has 2 heteroatoms. The quantitative estimate of drug-likeness (QED) is 0.662. The Bertz CT molecular complexity index is 162. The maximum atomic E-state index is 9.36. The first kappa shape index (κ1) is 11.7. The van der Waals surface area contributed by atoms with Crippen LogP contribution in [0.2, 0.25) is 0 Å². The molecule has 1 aliphatic carbocycles. The fourth-order valence-corrected chi connectivity index (χ4v) is 2.10. The molecule has 14 heavy (non-hydrogen) atoms. The lowest BCUT2D eigenvalue weighted by Crippen LogP contribution is -2.39. The van der Waals surface area contributed by atoms with Crippen molar-refractivity contribution in [2.24, 2.45) is 0 Å². The van der Waals surface area contributed by atoms with E-state index in [9.17, 15) is 5.11 Å².